The summed E-state index contributed by atoms with van der Waals surface area (Å²) in [5, 5.41) is 10.5. The van der Waals surface area contributed by atoms with Gasteiger partial charge in [-0.2, -0.15) is 0 Å². The molecule has 0 spiro atoms. The van der Waals surface area contributed by atoms with Crippen LogP contribution in [0.4, 0.5) is 0 Å². The number of methoxy groups -OCH3 is 1. The highest BCUT2D eigenvalue weighted by atomic mass is 16.5. The van der Waals surface area contributed by atoms with Crippen molar-refractivity contribution in [2.45, 2.75) is 44.8 Å². The zero-order valence-electron chi connectivity index (χ0n) is 10.6. The van der Waals surface area contributed by atoms with Gasteiger partial charge in [-0.15, -0.1) is 0 Å². The second kappa shape index (κ2) is 6.18. The maximum Gasteiger partial charge on any atom is 0.0821 e. The molecule has 0 heterocycles. The van der Waals surface area contributed by atoms with Crippen LogP contribution in [0, 0.1) is 5.92 Å². The summed E-state index contributed by atoms with van der Waals surface area (Å²) in [5.74, 6) is 0.432. The second-order valence-corrected chi connectivity index (χ2v) is 4.97. The van der Waals surface area contributed by atoms with Crippen LogP contribution in [-0.2, 0) is 11.3 Å². The summed E-state index contributed by atoms with van der Waals surface area (Å²) >= 11 is 0. The maximum absolute atomic E-state index is 10.5. The monoisotopic (exact) mass is 234 g/mol. The normalized spacial score (nSPS) is 19.2. The van der Waals surface area contributed by atoms with Gasteiger partial charge in [0.05, 0.1) is 12.7 Å². The largest absolute Gasteiger partial charge is 0.388 e. The molecule has 2 heteroatoms. The fourth-order valence-corrected chi connectivity index (χ4v) is 2.81. The zero-order valence-corrected chi connectivity index (χ0v) is 10.6. The van der Waals surface area contributed by atoms with Crippen LogP contribution >= 0.6 is 0 Å². The van der Waals surface area contributed by atoms with E-state index in [1.165, 1.54) is 19.3 Å². The van der Waals surface area contributed by atoms with E-state index in [4.69, 9.17) is 4.74 Å². The van der Waals surface area contributed by atoms with Crippen molar-refractivity contribution in [3.05, 3.63) is 35.4 Å². The Hall–Kier alpha value is -0.860. The van der Waals surface area contributed by atoms with Gasteiger partial charge in [0.1, 0.15) is 0 Å². The van der Waals surface area contributed by atoms with Crippen LogP contribution in [0.5, 0.6) is 0 Å². The van der Waals surface area contributed by atoms with Gasteiger partial charge in [-0.05, 0) is 29.9 Å². The first-order valence-corrected chi connectivity index (χ1v) is 6.57. The molecule has 1 aliphatic rings. The molecule has 0 aromatic heterocycles. The summed E-state index contributed by atoms with van der Waals surface area (Å²) in [4.78, 5) is 0. The first-order chi connectivity index (χ1) is 8.33. The Labute approximate surface area is 104 Å². The highest BCUT2D eigenvalue weighted by molar-refractivity contribution is 5.29. The lowest BCUT2D eigenvalue weighted by atomic mass is 9.82. The summed E-state index contributed by atoms with van der Waals surface area (Å²) in [6, 6.07) is 8.09. The molecule has 1 aliphatic carbocycles. The van der Waals surface area contributed by atoms with Gasteiger partial charge in [-0.25, -0.2) is 0 Å². The van der Waals surface area contributed by atoms with E-state index >= 15 is 0 Å². The summed E-state index contributed by atoms with van der Waals surface area (Å²) in [7, 11) is 1.70. The molecule has 1 saturated carbocycles. The van der Waals surface area contributed by atoms with E-state index in [9.17, 15) is 5.11 Å². The third kappa shape index (κ3) is 3.08. The Kier molecular flexibility index (Phi) is 4.57. The highest BCUT2D eigenvalue weighted by Crippen LogP contribution is 2.35. The van der Waals surface area contributed by atoms with Gasteiger partial charge >= 0.3 is 0 Å². The number of hydrogen-bond acceptors (Lipinski definition) is 2. The third-order valence-electron chi connectivity index (χ3n) is 3.77. The Bertz CT molecular complexity index is 343. The fourth-order valence-electron chi connectivity index (χ4n) is 2.81. The van der Waals surface area contributed by atoms with Crippen molar-refractivity contribution in [2.75, 3.05) is 7.11 Å². The molecule has 1 aromatic rings. The van der Waals surface area contributed by atoms with Crippen LogP contribution < -0.4 is 0 Å². The SMILES string of the molecule is COCc1ccccc1C(O)C1CCCCC1. The van der Waals surface area contributed by atoms with Gasteiger partial charge in [0.2, 0.25) is 0 Å². The van der Waals surface area contributed by atoms with Crippen molar-refractivity contribution in [3.8, 4) is 0 Å². The van der Waals surface area contributed by atoms with Crippen LogP contribution in [-0.4, -0.2) is 12.2 Å². The van der Waals surface area contributed by atoms with E-state index in [1.54, 1.807) is 7.11 Å². The molecular formula is C15H22O2. The second-order valence-electron chi connectivity index (χ2n) is 4.97. The minimum atomic E-state index is -0.318. The number of ether oxygens (including phenoxy) is 1. The Morgan fingerprint density at radius 2 is 1.94 bits per heavy atom. The molecule has 0 radical (unpaired) electrons. The van der Waals surface area contributed by atoms with Crippen molar-refractivity contribution < 1.29 is 9.84 Å². The molecule has 94 valence electrons. The highest BCUT2D eigenvalue weighted by Gasteiger charge is 2.24. The number of hydrogen-bond donors (Lipinski definition) is 1. The van der Waals surface area contributed by atoms with Gasteiger partial charge < -0.3 is 9.84 Å². The van der Waals surface area contributed by atoms with Crippen molar-refractivity contribution in [1.29, 1.82) is 0 Å². The molecule has 17 heavy (non-hydrogen) atoms. The van der Waals surface area contributed by atoms with Gasteiger partial charge in [-0.3, -0.25) is 0 Å². The minimum Gasteiger partial charge on any atom is -0.388 e. The molecule has 1 aromatic carbocycles. The van der Waals surface area contributed by atoms with E-state index in [0.717, 1.165) is 24.0 Å². The van der Waals surface area contributed by atoms with E-state index in [1.807, 2.05) is 24.3 Å². The van der Waals surface area contributed by atoms with Gasteiger partial charge in [0.15, 0.2) is 0 Å². The first-order valence-electron chi connectivity index (χ1n) is 6.57. The standard InChI is InChI=1S/C15H22O2/c1-17-11-13-9-5-6-10-14(13)15(16)12-7-3-2-4-8-12/h5-6,9-10,12,15-16H,2-4,7-8,11H2,1H3. The van der Waals surface area contributed by atoms with Crippen molar-refractivity contribution in [3.63, 3.8) is 0 Å². The Morgan fingerprint density at radius 1 is 1.24 bits per heavy atom. The predicted octanol–water partition coefficient (Wildman–Crippen LogP) is 3.45. The summed E-state index contributed by atoms with van der Waals surface area (Å²) in [6.07, 6.45) is 5.83. The molecule has 1 atom stereocenters. The van der Waals surface area contributed by atoms with Crippen LogP contribution in [0.15, 0.2) is 24.3 Å². The lowest BCUT2D eigenvalue weighted by Gasteiger charge is -2.28. The lowest BCUT2D eigenvalue weighted by Crippen LogP contribution is -2.17. The average molecular weight is 234 g/mol. The topological polar surface area (TPSA) is 29.5 Å². The summed E-state index contributed by atoms with van der Waals surface area (Å²) in [5.41, 5.74) is 2.18. The number of aliphatic hydroxyl groups is 1. The Balaban J connectivity index is 2.14. The molecule has 0 aliphatic heterocycles. The summed E-state index contributed by atoms with van der Waals surface area (Å²) < 4.78 is 5.19. The smallest absolute Gasteiger partial charge is 0.0821 e. The van der Waals surface area contributed by atoms with Crippen LogP contribution in [0.25, 0.3) is 0 Å². The molecule has 0 amide bonds. The first kappa shape index (κ1) is 12.6. The zero-order chi connectivity index (χ0) is 12.1. The van der Waals surface area contributed by atoms with E-state index in [2.05, 4.69) is 0 Å². The van der Waals surface area contributed by atoms with Crippen LogP contribution in [0.2, 0.25) is 0 Å². The molecule has 1 fully saturated rings. The van der Waals surface area contributed by atoms with Gasteiger partial charge in [0, 0.05) is 7.11 Å². The maximum atomic E-state index is 10.5. The summed E-state index contributed by atoms with van der Waals surface area (Å²) in [6.45, 7) is 0.583. The molecule has 2 rings (SSSR count). The number of rotatable bonds is 4. The van der Waals surface area contributed by atoms with E-state index in [0.29, 0.717) is 12.5 Å². The number of benzene rings is 1. The molecule has 1 N–H and O–H groups in total. The molecule has 0 saturated heterocycles. The van der Waals surface area contributed by atoms with Gasteiger partial charge in [0.25, 0.3) is 0 Å². The minimum absolute atomic E-state index is 0.318. The van der Waals surface area contributed by atoms with E-state index in [-0.39, 0.29) is 6.10 Å². The molecule has 1 unspecified atom stereocenters. The predicted molar refractivity (Wildman–Crippen MR) is 68.7 cm³/mol. The quantitative estimate of drug-likeness (QED) is 0.864. The fraction of sp³-hybridized carbons (Fsp3) is 0.600. The molecular weight excluding hydrogens is 212 g/mol. The number of aliphatic hydroxyl groups excluding tert-OH is 1. The Morgan fingerprint density at radius 3 is 2.65 bits per heavy atom. The van der Waals surface area contributed by atoms with Gasteiger partial charge in [-0.1, -0.05) is 43.5 Å². The third-order valence-corrected chi connectivity index (χ3v) is 3.77. The van der Waals surface area contributed by atoms with Crippen molar-refractivity contribution >= 4 is 0 Å². The van der Waals surface area contributed by atoms with Crippen LogP contribution in [0.1, 0.15) is 49.3 Å². The average Bonchev–Trinajstić information content (AvgIpc) is 2.40. The molecule has 0 bridgehead atoms. The van der Waals surface area contributed by atoms with E-state index < -0.39 is 0 Å². The van der Waals surface area contributed by atoms with Crippen molar-refractivity contribution in [1.82, 2.24) is 0 Å². The lowest BCUT2D eigenvalue weighted by molar-refractivity contribution is 0.0816. The molecule has 2 nitrogen and oxygen atoms in total. The van der Waals surface area contributed by atoms with Crippen molar-refractivity contribution in [2.24, 2.45) is 5.92 Å². The van der Waals surface area contributed by atoms with Crippen LogP contribution in [0.3, 0.4) is 0 Å².